The van der Waals surface area contributed by atoms with Crippen molar-refractivity contribution < 1.29 is 4.79 Å². The lowest BCUT2D eigenvalue weighted by Crippen LogP contribution is -2.26. The van der Waals surface area contributed by atoms with Crippen LogP contribution in [0.25, 0.3) is 0 Å². The number of aryl methyl sites for hydroxylation is 1. The standard InChI is InChI=1S/C13H11IN2O2/c1-9-6-15-13(18)16(7-9)8-12(17)10-2-4-11(14)5-3-10/h2-7H,8H2,1H3. The van der Waals surface area contributed by atoms with Crippen LogP contribution in [0, 0.1) is 10.5 Å². The zero-order valence-electron chi connectivity index (χ0n) is 9.76. The fourth-order valence-corrected chi connectivity index (χ4v) is 1.92. The number of nitrogens with zero attached hydrogens (tertiary/aromatic N) is 2. The Morgan fingerprint density at radius 3 is 2.67 bits per heavy atom. The van der Waals surface area contributed by atoms with E-state index in [0.717, 1.165) is 9.13 Å². The van der Waals surface area contributed by atoms with Crippen LogP contribution in [0.15, 0.2) is 41.5 Å². The zero-order chi connectivity index (χ0) is 13.1. The van der Waals surface area contributed by atoms with Crippen molar-refractivity contribution in [3.8, 4) is 0 Å². The second-order valence-electron chi connectivity index (χ2n) is 3.97. The van der Waals surface area contributed by atoms with Gasteiger partial charge >= 0.3 is 5.69 Å². The number of ketones is 1. The van der Waals surface area contributed by atoms with Gasteiger partial charge in [-0.25, -0.2) is 9.78 Å². The van der Waals surface area contributed by atoms with Gasteiger partial charge in [0.15, 0.2) is 5.78 Å². The quantitative estimate of drug-likeness (QED) is 0.626. The molecule has 0 bridgehead atoms. The predicted molar refractivity (Wildman–Crippen MR) is 76.7 cm³/mol. The highest BCUT2D eigenvalue weighted by Gasteiger charge is 2.08. The fraction of sp³-hybridized carbons (Fsp3) is 0.154. The molecule has 0 atom stereocenters. The van der Waals surface area contributed by atoms with Crippen LogP contribution in [0.1, 0.15) is 15.9 Å². The normalized spacial score (nSPS) is 10.3. The van der Waals surface area contributed by atoms with E-state index in [4.69, 9.17) is 0 Å². The van der Waals surface area contributed by atoms with Gasteiger partial charge in [-0.15, -0.1) is 0 Å². The molecule has 0 aliphatic carbocycles. The molecule has 0 unspecified atom stereocenters. The first kappa shape index (κ1) is 12.9. The minimum Gasteiger partial charge on any atom is -0.292 e. The Hall–Kier alpha value is -1.50. The summed E-state index contributed by atoms with van der Waals surface area (Å²) >= 11 is 2.18. The van der Waals surface area contributed by atoms with Gasteiger partial charge in [-0.2, -0.15) is 0 Å². The Balaban J connectivity index is 2.24. The van der Waals surface area contributed by atoms with Gasteiger partial charge in [0.2, 0.25) is 0 Å². The van der Waals surface area contributed by atoms with Crippen LogP contribution in [-0.4, -0.2) is 15.3 Å². The summed E-state index contributed by atoms with van der Waals surface area (Å²) in [5.74, 6) is -0.0964. The first-order chi connectivity index (χ1) is 8.56. The molecule has 18 heavy (non-hydrogen) atoms. The minimum absolute atomic E-state index is 0.0219. The topological polar surface area (TPSA) is 52.0 Å². The maximum absolute atomic E-state index is 12.0. The lowest BCUT2D eigenvalue weighted by atomic mass is 10.1. The van der Waals surface area contributed by atoms with Gasteiger partial charge < -0.3 is 0 Å². The highest BCUT2D eigenvalue weighted by atomic mass is 127. The Bertz CT molecular complexity index is 632. The largest absolute Gasteiger partial charge is 0.347 e. The molecule has 4 nitrogen and oxygen atoms in total. The predicted octanol–water partition coefficient (Wildman–Crippen LogP) is 2.04. The van der Waals surface area contributed by atoms with Crippen LogP contribution < -0.4 is 5.69 Å². The van der Waals surface area contributed by atoms with Crippen molar-refractivity contribution in [1.82, 2.24) is 9.55 Å². The van der Waals surface area contributed by atoms with E-state index in [0.29, 0.717) is 5.56 Å². The fourth-order valence-electron chi connectivity index (χ4n) is 1.56. The first-order valence-electron chi connectivity index (χ1n) is 5.38. The number of benzene rings is 1. The van der Waals surface area contributed by atoms with Crippen molar-refractivity contribution in [2.75, 3.05) is 0 Å². The highest BCUT2D eigenvalue weighted by Crippen LogP contribution is 2.08. The highest BCUT2D eigenvalue weighted by molar-refractivity contribution is 14.1. The number of rotatable bonds is 3. The summed E-state index contributed by atoms with van der Waals surface area (Å²) in [4.78, 5) is 27.2. The molecule has 1 aromatic carbocycles. The molecule has 1 aromatic heterocycles. The molecule has 2 rings (SSSR count). The van der Waals surface area contributed by atoms with Gasteiger partial charge in [0.25, 0.3) is 0 Å². The van der Waals surface area contributed by atoms with Gasteiger partial charge in [-0.05, 0) is 47.2 Å². The second kappa shape index (κ2) is 5.43. The summed E-state index contributed by atoms with van der Waals surface area (Å²) in [6.07, 6.45) is 3.13. The van der Waals surface area contributed by atoms with E-state index in [-0.39, 0.29) is 12.3 Å². The molecule has 0 aliphatic rings. The summed E-state index contributed by atoms with van der Waals surface area (Å²) in [5.41, 5.74) is 1.05. The van der Waals surface area contributed by atoms with E-state index in [1.807, 2.05) is 19.1 Å². The van der Waals surface area contributed by atoms with Crippen molar-refractivity contribution in [1.29, 1.82) is 0 Å². The van der Waals surface area contributed by atoms with Crippen LogP contribution in [0.2, 0.25) is 0 Å². The van der Waals surface area contributed by atoms with Crippen LogP contribution in [0.5, 0.6) is 0 Å². The Labute approximate surface area is 118 Å². The number of hydrogen-bond donors (Lipinski definition) is 0. The van der Waals surface area contributed by atoms with Gasteiger partial charge in [-0.1, -0.05) is 12.1 Å². The summed E-state index contributed by atoms with van der Waals surface area (Å²) < 4.78 is 2.40. The Morgan fingerprint density at radius 2 is 2.00 bits per heavy atom. The molecular formula is C13H11IN2O2. The van der Waals surface area contributed by atoms with Gasteiger partial charge in [0, 0.05) is 21.5 Å². The smallest absolute Gasteiger partial charge is 0.292 e. The van der Waals surface area contributed by atoms with Crippen LogP contribution in [0.4, 0.5) is 0 Å². The SMILES string of the molecule is Cc1cnc(=O)n(CC(=O)c2ccc(I)cc2)c1. The number of carbonyl (C=O) groups is 1. The summed E-state index contributed by atoms with van der Waals surface area (Å²) in [7, 11) is 0. The summed E-state index contributed by atoms with van der Waals surface area (Å²) in [6, 6.07) is 7.26. The van der Waals surface area contributed by atoms with Gasteiger partial charge in [0.1, 0.15) is 0 Å². The van der Waals surface area contributed by atoms with Crippen molar-refractivity contribution in [2.24, 2.45) is 0 Å². The lowest BCUT2D eigenvalue weighted by molar-refractivity contribution is 0.0970. The van der Waals surface area contributed by atoms with Crippen LogP contribution >= 0.6 is 22.6 Å². The molecule has 1 heterocycles. The van der Waals surface area contributed by atoms with Crippen LogP contribution in [0.3, 0.4) is 0 Å². The molecule has 0 amide bonds. The van der Waals surface area contributed by atoms with Gasteiger partial charge in [-0.3, -0.25) is 9.36 Å². The van der Waals surface area contributed by atoms with Crippen LogP contribution in [-0.2, 0) is 6.54 Å². The first-order valence-corrected chi connectivity index (χ1v) is 6.46. The van der Waals surface area contributed by atoms with Crippen molar-refractivity contribution in [2.45, 2.75) is 13.5 Å². The average Bonchev–Trinajstić information content (AvgIpc) is 2.34. The maximum Gasteiger partial charge on any atom is 0.347 e. The molecule has 0 spiro atoms. The molecule has 92 valence electrons. The lowest BCUT2D eigenvalue weighted by Gasteiger charge is -2.05. The molecule has 0 N–H and O–H groups in total. The number of carbonyl (C=O) groups excluding carboxylic acids is 1. The molecule has 0 radical (unpaired) electrons. The molecule has 0 fully saturated rings. The average molecular weight is 354 g/mol. The second-order valence-corrected chi connectivity index (χ2v) is 5.22. The van der Waals surface area contributed by atoms with Gasteiger partial charge in [0.05, 0.1) is 6.54 Å². The van der Waals surface area contributed by atoms with Crippen molar-refractivity contribution in [3.05, 3.63) is 61.8 Å². The van der Waals surface area contributed by atoms with E-state index < -0.39 is 5.69 Å². The third kappa shape index (κ3) is 3.04. The van der Waals surface area contributed by atoms with Crippen molar-refractivity contribution >= 4 is 28.4 Å². The summed E-state index contributed by atoms with van der Waals surface area (Å²) in [6.45, 7) is 1.85. The van der Waals surface area contributed by atoms with E-state index in [9.17, 15) is 9.59 Å². The number of aromatic nitrogens is 2. The molecule has 0 saturated heterocycles. The van der Waals surface area contributed by atoms with E-state index in [2.05, 4.69) is 27.6 Å². The Kier molecular flexibility index (Phi) is 3.90. The molecule has 2 aromatic rings. The number of Topliss-reactive ketones (excluding diaryl/α,β-unsaturated/α-hetero) is 1. The minimum atomic E-state index is -0.403. The maximum atomic E-state index is 12.0. The Morgan fingerprint density at radius 1 is 1.33 bits per heavy atom. The molecule has 0 aliphatic heterocycles. The van der Waals surface area contributed by atoms with E-state index >= 15 is 0 Å². The summed E-state index contributed by atoms with van der Waals surface area (Å²) in [5, 5.41) is 0. The zero-order valence-corrected chi connectivity index (χ0v) is 11.9. The van der Waals surface area contributed by atoms with Crippen molar-refractivity contribution in [3.63, 3.8) is 0 Å². The monoisotopic (exact) mass is 354 g/mol. The third-order valence-corrected chi connectivity index (χ3v) is 3.18. The third-order valence-electron chi connectivity index (χ3n) is 2.46. The number of hydrogen-bond acceptors (Lipinski definition) is 3. The molecular weight excluding hydrogens is 343 g/mol. The van der Waals surface area contributed by atoms with E-state index in [1.54, 1.807) is 18.3 Å². The number of halogens is 1. The van der Waals surface area contributed by atoms with E-state index in [1.165, 1.54) is 10.8 Å². The molecule has 0 saturated carbocycles. The molecule has 5 heteroatoms.